The van der Waals surface area contributed by atoms with Crippen molar-refractivity contribution in [3.05, 3.63) is 68.8 Å². The summed E-state index contributed by atoms with van der Waals surface area (Å²) in [7, 11) is 1.37. The van der Waals surface area contributed by atoms with E-state index in [1.54, 1.807) is 19.1 Å². The van der Waals surface area contributed by atoms with E-state index in [1.165, 1.54) is 12.7 Å². The third-order valence-electron chi connectivity index (χ3n) is 9.75. The number of methoxy groups -OCH3 is 1. The Labute approximate surface area is 253 Å². The van der Waals surface area contributed by atoms with Gasteiger partial charge in [0.2, 0.25) is 0 Å². The molecule has 3 N–H and O–H groups in total. The van der Waals surface area contributed by atoms with Crippen LogP contribution in [0.2, 0.25) is 0 Å². The van der Waals surface area contributed by atoms with Crippen LogP contribution in [0.15, 0.2) is 18.2 Å². The van der Waals surface area contributed by atoms with Crippen LogP contribution in [0.25, 0.3) is 33.2 Å². The van der Waals surface area contributed by atoms with Crippen molar-refractivity contribution in [2.45, 2.75) is 90.8 Å². The van der Waals surface area contributed by atoms with E-state index in [0.29, 0.717) is 35.1 Å². The first kappa shape index (κ1) is 30.1. The number of aliphatic hydroxyl groups is 1. The molecule has 8 bridgehead atoms. The van der Waals surface area contributed by atoms with Crippen LogP contribution in [0.4, 0.5) is 13.2 Å². The Bertz CT molecular complexity index is 1880. The molecule has 2 aliphatic heterocycles. The lowest BCUT2D eigenvalue weighted by Crippen LogP contribution is -2.20. The smallest absolute Gasteiger partial charge is 0.418 e. The van der Waals surface area contributed by atoms with Crippen LogP contribution in [-0.4, -0.2) is 44.3 Å². The average Bonchev–Trinajstić information content (AvgIpc) is 3.74. The van der Waals surface area contributed by atoms with Gasteiger partial charge in [0.1, 0.15) is 0 Å². The minimum Gasteiger partial charge on any atom is -0.469 e. The van der Waals surface area contributed by atoms with Crippen molar-refractivity contribution in [2.75, 3.05) is 7.11 Å². The molecule has 5 heterocycles. The molecule has 0 radical (unpaired) electrons. The van der Waals surface area contributed by atoms with Gasteiger partial charge in [0, 0.05) is 62.8 Å². The second kappa shape index (κ2) is 10.9. The molecule has 0 amide bonds. The highest BCUT2D eigenvalue weighted by molar-refractivity contribution is 5.95. The van der Waals surface area contributed by atoms with Gasteiger partial charge < -0.3 is 19.8 Å². The first-order valence-corrected chi connectivity index (χ1v) is 15.1. The molecular formula is C34H37F3N4O3. The number of aromatic amines is 2. The summed E-state index contributed by atoms with van der Waals surface area (Å²) in [4.78, 5) is 29.0. The number of nitrogens with zero attached hydrogens (tertiary/aromatic N) is 2. The van der Waals surface area contributed by atoms with Gasteiger partial charge >= 0.3 is 12.1 Å². The second-order valence-corrected chi connectivity index (χ2v) is 12.1. The molecule has 0 aromatic carbocycles. The first-order chi connectivity index (χ1) is 20.8. The Hall–Kier alpha value is -3.92. The normalized spacial score (nSPS) is 18.7. The monoisotopic (exact) mass is 606 g/mol. The molecule has 7 nitrogen and oxygen atoms in total. The number of rotatable bonds is 5. The van der Waals surface area contributed by atoms with Crippen LogP contribution in [0.5, 0.6) is 0 Å². The maximum atomic E-state index is 14.0. The van der Waals surface area contributed by atoms with Crippen LogP contribution in [0.1, 0.15) is 109 Å². The molecule has 0 saturated carbocycles. The number of hydrogen-bond acceptors (Lipinski definition) is 5. The maximum absolute atomic E-state index is 14.0. The molecule has 1 unspecified atom stereocenters. The fraction of sp³-hybridized carbons (Fsp3) is 0.441. The van der Waals surface area contributed by atoms with E-state index in [2.05, 4.69) is 16.9 Å². The molecule has 44 heavy (non-hydrogen) atoms. The van der Waals surface area contributed by atoms with Crippen LogP contribution >= 0.6 is 0 Å². The number of hydrogen-bond donors (Lipinski definition) is 3. The third-order valence-corrected chi connectivity index (χ3v) is 9.75. The molecule has 3 atom stereocenters. The van der Waals surface area contributed by atoms with Crippen molar-refractivity contribution in [3.63, 3.8) is 0 Å². The zero-order valence-corrected chi connectivity index (χ0v) is 25.8. The molecule has 10 heteroatoms. The molecule has 6 rings (SSSR count). The number of allylic oxidation sites excluding steroid dienone is 2. The Morgan fingerprint density at radius 3 is 2.43 bits per heavy atom. The van der Waals surface area contributed by atoms with Crippen molar-refractivity contribution in [3.8, 4) is 0 Å². The molecule has 3 aliphatic rings. The Morgan fingerprint density at radius 1 is 1.05 bits per heavy atom. The maximum Gasteiger partial charge on any atom is 0.418 e. The highest BCUT2D eigenvalue weighted by Crippen LogP contribution is 2.47. The summed E-state index contributed by atoms with van der Waals surface area (Å²) < 4.78 is 46.8. The largest absolute Gasteiger partial charge is 0.469 e. The number of esters is 1. The first-order valence-electron chi connectivity index (χ1n) is 15.1. The molecule has 232 valence electrons. The standard InChI is InChI=1S/C34H37F3N4O3/c1-7-19-15(2)23-14-28-30(33(43)34(35,36)37)18(5)26(39-28)12-24-17(4)21(10-11-29(42)44-6)32(40-24)22-9-8-20-16(3)25(41-31(20)22)13-27(19)38-23/h12-14,17,21,33,38-39,43H,7-11H2,1-6H3/t17-,21-,33?/m0/s1. The van der Waals surface area contributed by atoms with Gasteiger partial charge in [0.05, 0.1) is 18.5 Å². The summed E-state index contributed by atoms with van der Waals surface area (Å²) in [5, 5.41) is 10.5. The van der Waals surface area contributed by atoms with Crippen LogP contribution in [-0.2, 0) is 22.4 Å². The van der Waals surface area contributed by atoms with E-state index in [1.807, 2.05) is 26.8 Å². The Balaban J connectivity index is 1.74. The SMILES string of the molecule is CCc1c(C)c2cc3[nH]c(cc4nc(c5c6nc(cc1[nH]2)C(C)=C6CC5)[C@@H](CCC(=O)OC)[C@@H]4C)c(C)c3C(O)C(F)(F)F. The second-order valence-electron chi connectivity index (χ2n) is 12.1. The van der Waals surface area contributed by atoms with E-state index in [9.17, 15) is 23.1 Å². The fourth-order valence-electron chi connectivity index (χ4n) is 7.16. The predicted molar refractivity (Wildman–Crippen MR) is 164 cm³/mol. The van der Waals surface area contributed by atoms with Crippen molar-refractivity contribution in [1.29, 1.82) is 0 Å². The number of carbonyl (C=O) groups excluding carboxylic acids is 1. The number of carbonyl (C=O) groups is 1. The predicted octanol–water partition coefficient (Wildman–Crippen LogP) is 7.81. The number of aliphatic hydroxyl groups excluding tert-OH is 1. The lowest BCUT2D eigenvalue weighted by molar-refractivity contribution is -0.206. The molecule has 0 fully saturated rings. The van der Waals surface area contributed by atoms with Gasteiger partial charge in [0.15, 0.2) is 6.10 Å². The van der Waals surface area contributed by atoms with E-state index < -0.39 is 12.3 Å². The number of H-pyrrole nitrogens is 2. The van der Waals surface area contributed by atoms with E-state index in [4.69, 9.17) is 14.7 Å². The van der Waals surface area contributed by atoms with Gasteiger partial charge in [-0.2, -0.15) is 13.2 Å². The molecule has 3 aromatic rings. The summed E-state index contributed by atoms with van der Waals surface area (Å²) >= 11 is 0. The van der Waals surface area contributed by atoms with Crippen LogP contribution in [0.3, 0.4) is 0 Å². The summed E-state index contributed by atoms with van der Waals surface area (Å²) in [5.41, 5.74) is 11.0. The molecule has 3 aromatic heterocycles. The highest BCUT2D eigenvalue weighted by Gasteiger charge is 2.42. The third kappa shape index (κ3) is 4.83. The average molecular weight is 607 g/mol. The van der Waals surface area contributed by atoms with Gasteiger partial charge in [-0.05, 0) is 92.5 Å². The minimum atomic E-state index is -4.85. The number of halogens is 3. The molecular weight excluding hydrogens is 569 g/mol. The van der Waals surface area contributed by atoms with E-state index in [0.717, 1.165) is 57.7 Å². The Morgan fingerprint density at radius 2 is 1.75 bits per heavy atom. The van der Waals surface area contributed by atoms with Gasteiger partial charge in [-0.3, -0.25) is 9.78 Å². The number of fused-ring (bicyclic) bond motifs is 8. The quantitative estimate of drug-likeness (QED) is 0.257. The Kier molecular flexibility index (Phi) is 7.47. The summed E-state index contributed by atoms with van der Waals surface area (Å²) in [5.74, 6) is -0.514. The number of ether oxygens (including phenoxy) is 1. The van der Waals surface area contributed by atoms with Crippen molar-refractivity contribution in [2.24, 2.45) is 0 Å². The lowest BCUT2D eigenvalue weighted by atomic mass is 9.85. The van der Waals surface area contributed by atoms with Gasteiger partial charge in [-0.15, -0.1) is 0 Å². The summed E-state index contributed by atoms with van der Waals surface area (Å²) in [6.45, 7) is 9.70. The number of aromatic nitrogens is 4. The number of nitrogens with one attached hydrogen (secondary N) is 2. The zero-order chi connectivity index (χ0) is 31.7. The van der Waals surface area contributed by atoms with E-state index in [-0.39, 0.29) is 35.3 Å². The van der Waals surface area contributed by atoms with E-state index >= 15 is 0 Å². The topological polar surface area (TPSA) is 104 Å². The van der Waals surface area contributed by atoms with Gasteiger partial charge in [0.25, 0.3) is 0 Å². The number of aryl methyl sites for hydroxylation is 3. The zero-order valence-electron chi connectivity index (χ0n) is 25.8. The van der Waals surface area contributed by atoms with Crippen molar-refractivity contribution >= 4 is 39.2 Å². The molecule has 0 spiro atoms. The summed E-state index contributed by atoms with van der Waals surface area (Å²) in [6, 6.07) is 5.47. The fourth-order valence-corrected chi connectivity index (χ4v) is 7.16. The summed E-state index contributed by atoms with van der Waals surface area (Å²) in [6.07, 6.45) is -4.43. The van der Waals surface area contributed by atoms with Crippen LogP contribution in [0, 0.1) is 13.8 Å². The van der Waals surface area contributed by atoms with Crippen molar-refractivity contribution < 1.29 is 27.8 Å². The highest BCUT2D eigenvalue weighted by atomic mass is 19.4. The van der Waals surface area contributed by atoms with Gasteiger partial charge in [-0.1, -0.05) is 13.8 Å². The molecule has 0 saturated heterocycles. The van der Waals surface area contributed by atoms with Crippen LogP contribution < -0.4 is 0 Å². The minimum absolute atomic E-state index is 0.0946. The number of alkyl halides is 3. The lowest BCUT2D eigenvalue weighted by Gasteiger charge is -2.16. The van der Waals surface area contributed by atoms with Crippen molar-refractivity contribution in [1.82, 2.24) is 19.9 Å². The van der Waals surface area contributed by atoms with Gasteiger partial charge in [-0.25, -0.2) is 4.98 Å². The molecule has 1 aliphatic carbocycles.